The molecular formula is C20H31NO3. The van der Waals surface area contributed by atoms with E-state index in [1.807, 2.05) is 12.1 Å². The van der Waals surface area contributed by atoms with Crippen LogP contribution in [0, 0.1) is 0 Å². The topological polar surface area (TPSA) is 47.6 Å². The van der Waals surface area contributed by atoms with Gasteiger partial charge in [-0.2, -0.15) is 0 Å². The highest BCUT2D eigenvalue weighted by Gasteiger charge is 2.13. The van der Waals surface area contributed by atoms with Gasteiger partial charge in [0.1, 0.15) is 0 Å². The molecule has 24 heavy (non-hydrogen) atoms. The number of amides is 1. The van der Waals surface area contributed by atoms with Crippen LogP contribution in [0.1, 0.15) is 63.9 Å². The zero-order valence-corrected chi connectivity index (χ0v) is 14.9. The molecule has 0 radical (unpaired) electrons. The van der Waals surface area contributed by atoms with E-state index in [1.54, 1.807) is 0 Å². The third-order valence-corrected chi connectivity index (χ3v) is 4.33. The van der Waals surface area contributed by atoms with Crippen molar-refractivity contribution in [3.05, 3.63) is 29.8 Å². The molecule has 2 rings (SSSR count). The summed E-state index contributed by atoms with van der Waals surface area (Å²) in [4.78, 5) is 11.9. The summed E-state index contributed by atoms with van der Waals surface area (Å²) in [5.74, 6) is 0.108. The van der Waals surface area contributed by atoms with E-state index in [1.165, 1.54) is 24.8 Å². The standard InChI is InChI=1S/C20H31NO3/c1-2-3-4-5-8-19(22)21-18-12-10-17(11-13-18)14-16-24-20-9-6-7-15-23-20/h10-13,20H,2-9,14-16H2,1H3,(H,21,22). The van der Waals surface area contributed by atoms with Crippen molar-refractivity contribution in [2.75, 3.05) is 18.5 Å². The summed E-state index contributed by atoms with van der Waals surface area (Å²) in [5, 5.41) is 2.96. The van der Waals surface area contributed by atoms with E-state index < -0.39 is 0 Å². The average molecular weight is 333 g/mol. The van der Waals surface area contributed by atoms with Gasteiger partial charge in [-0.25, -0.2) is 0 Å². The third-order valence-electron chi connectivity index (χ3n) is 4.33. The number of anilines is 1. The van der Waals surface area contributed by atoms with Crippen LogP contribution >= 0.6 is 0 Å². The normalized spacial score (nSPS) is 17.6. The largest absolute Gasteiger partial charge is 0.353 e. The molecular weight excluding hydrogens is 302 g/mol. The molecule has 0 saturated carbocycles. The van der Waals surface area contributed by atoms with Gasteiger partial charge in [0.15, 0.2) is 6.29 Å². The number of carbonyl (C=O) groups excluding carboxylic acids is 1. The van der Waals surface area contributed by atoms with Crippen molar-refractivity contribution < 1.29 is 14.3 Å². The van der Waals surface area contributed by atoms with Crippen molar-refractivity contribution in [1.29, 1.82) is 0 Å². The van der Waals surface area contributed by atoms with E-state index in [0.717, 1.165) is 44.4 Å². The number of nitrogens with one attached hydrogen (secondary N) is 1. The van der Waals surface area contributed by atoms with Gasteiger partial charge in [0.2, 0.25) is 5.91 Å². The molecule has 1 heterocycles. The van der Waals surface area contributed by atoms with Gasteiger partial charge >= 0.3 is 0 Å². The minimum atomic E-state index is -0.0231. The molecule has 1 amide bonds. The molecule has 1 aromatic carbocycles. The highest BCUT2D eigenvalue weighted by atomic mass is 16.7. The lowest BCUT2D eigenvalue weighted by Gasteiger charge is -2.22. The van der Waals surface area contributed by atoms with Crippen LogP contribution in [0.25, 0.3) is 0 Å². The lowest BCUT2D eigenvalue weighted by atomic mass is 10.1. The lowest BCUT2D eigenvalue weighted by molar-refractivity contribution is -0.161. The van der Waals surface area contributed by atoms with Crippen LogP contribution in [0.15, 0.2) is 24.3 Å². The minimum Gasteiger partial charge on any atom is -0.353 e. The third kappa shape index (κ3) is 7.45. The Kier molecular flexibility index (Phi) is 8.85. The molecule has 1 atom stereocenters. The summed E-state index contributed by atoms with van der Waals surface area (Å²) in [6.45, 7) is 3.67. The Hall–Kier alpha value is -1.39. The first-order valence-corrected chi connectivity index (χ1v) is 9.40. The van der Waals surface area contributed by atoms with Crippen LogP contribution < -0.4 is 5.32 Å². The number of hydrogen-bond donors (Lipinski definition) is 1. The van der Waals surface area contributed by atoms with Gasteiger partial charge in [0.05, 0.1) is 6.61 Å². The van der Waals surface area contributed by atoms with E-state index >= 15 is 0 Å². The number of unbranched alkanes of at least 4 members (excludes halogenated alkanes) is 3. The lowest BCUT2D eigenvalue weighted by Crippen LogP contribution is -2.23. The molecule has 0 aliphatic carbocycles. The second-order valence-corrected chi connectivity index (χ2v) is 6.47. The number of hydrogen-bond acceptors (Lipinski definition) is 3. The quantitative estimate of drug-likeness (QED) is 0.632. The fourth-order valence-electron chi connectivity index (χ4n) is 2.84. The Morgan fingerprint density at radius 3 is 2.75 bits per heavy atom. The second kappa shape index (κ2) is 11.2. The highest BCUT2D eigenvalue weighted by Crippen LogP contribution is 2.15. The van der Waals surface area contributed by atoms with Crippen LogP contribution in [0.2, 0.25) is 0 Å². The Balaban J connectivity index is 1.63. The van der Waals surface area contributed by atoms with Gasteiger partial charge in [-0.3, -0.25) is 4.79 Å². The van der Waals surface area contributed by atoms with Gasteiger partial charge in [-0.15, -0.1) is 0 Å². The number of rotatable bonds is 10. The second-order valence-electron chi connectivity index (χ2n) is 6.47. The predicted molar refractivity (Wildman–Crippen MR) is 97.1 cm³/mol. The van der Waals surface area contributed by atoms with E-state index in [2.05, 4.69) is 24.4 Å². The van der Waals surface area contributed by atoms with E-state index in [9.17, 15) is 4.79 Å². The molecule has 0 bridgehead atoms. The van der Waals surface area contributed by atoms with E-state index in [0.29, 0.717) is 13.0 Å². The number of carbonyl (C=O) groups is 1. The molecule has 0 aromatic heterocycles. The average Bonchev–Trinajstić information content (AvgIpc) is 2.61. The predicted octanol–water partition coefficient (Wildman–Crippen LogP) is 4.68. The first-order valence-electron chi connectivity index (χ1n) is 9.40. The van der Waals surface area contributed by atoms with Crippen molar-refractivity contribution in [3.63, 3.8) is 0 Å². The van der Waals surface area contributed by atoms with Gasteiger partial charge in [-0.05, 0) is 49.8 Å². The zero-order chi connectivity index (χ0) is 17.0. The van der Waals surface area contributed by atoms with E-state index in [-0.39, 0.29) is 12.2 Å². The Morgan fingerprint density at radius 1 is 1.21 bits per heavy atom. The zero-order valence-electron chi connectivity index (χ0n) is 14.9. The van der Waals surface area contributed by atoms with Crippen LogP contribution in [0.5, 0.6) is 0 Å². The van der Waals surface area contributed by atoms with Gasteiger partial charge in [0.25, 0.3) is 0 Å². The smallest absolute Gasteiger partial charge is 0.224 e. The molecule has 1 unspecified atom stereocenters. The Morgan fingerprint density at radius 2 is 2.04 bits per heavy atom. The molecule has 1 N–H and O–H groups in total. The molecule has 1 fully saturated rings. The maximum atomic E-state index is 11.9. The van der Waals surface area contributed by atoms with Crippen molar-refractivity contribution in [1.82, 2.24) is 0 Å². The Bertz CT molecular complexity index is 466. The van der Waals surface area contributed by atoms with Crippen molar-refractivity contribution >= 4 is 11.6 Å². The molecule has 4 heteroatoms. The van der Waals surface area contributed by atoms with E-state index in [4.69, 9.17) is 9.47 Å². The highest BCUT2D eigenvalue weighted by molar-refractivity contribution is 5.90. The van der Waals surface area contributed by atoms with Gasteiger partial charge in [0, 0.05) is 18.7 Å². The molecule has 0 spiro atoms. The van der Waals surface area contributed by atoms with Crippen LogP contribution in [-0.4, -0.2) is 25.4 Å². The molecule has 134 valence electrons. The van der Waals surface area contributed by atoms with Crippen molar-refractivity contribution in [2.24, 2.45) is 0 Å². The summed E-state index contributed by atoms with van der Waals surface area (Å²) < 4.78 is 11.3. The van der Waals surface area contributed by atoms with Crippen LogP contribution in [0.4, 0.5) is 5.69 Å². The molecule has 4 nitrogen and oxygen atoms in total. The summed E-state index contributed by atoms with van der Waals surface area (Å²) >= 11 is 0. The van der Waals surface area contributed by atoms with Crippen molar-refractivity contribution in [3.8, 4) is 0 Å². The summed E-state index contributed by atoms with van der Waals surface area (Å²) in [7, 11) is 0. The summed E-state index contributed by atoms with van der Waals surface area (Å²) in [5.41, 5.74) is 2.09. The maximum Gasteiger partial charge on any atom is 0.224 e. The molecule has 1 aromatic rings. The first-order chi connectivity index (χ1) is 11.8. The SMILES string of the molecule is CCCCCCC(=O)Nc1ccc(CCOC2CCCCO2)cc1. The molecule has 1 saturated heterocycles. The molecule has 1 aliphatic rings. The van der Waals surface area contributed by atoms with Crippen molar-refractivity contribution in [2.45, 2.75) is 71.0 Å². The molecule has 1 aliphatic heterocycles. The summed E-state index contributed by atoms with van der Waals surface area (Å²) in [6, 6.07) is 8.04. The van der Waals surface area contributed by atoms with Gasteiger partial charge in [-0.1, -0.05) is 38.3 Å². The number of ether oxygens (including phenoxy) is 2. The Labute approximate surface area is 145 Å². The summed E-state index contributed by atoms with van der Waals surface area (Å²) in [6.07, 6.45) is 9.29. The van der Waals surface area contributed by atoms with Crippen LogP contribution in [-0.2, 0) is 20.7 Å². The fraction of sp³-hybridized carbons (Fsp3) is 0.650. The minimum absolute atomic E-state index is 0.0231. The number of benzene rings is 1. The van der Waals surface area contributed by atoms with Crippen LogP contribution in [0.3, 0.4) is 0 Å². The maximum absolute atomic E-state index is 11.9. The van der Waals surface area contributed by atoms with Gasteiger partial charge < -0.3 is 14.8 Å². The first kappa shape index (κ1) is 18.9. The fourth-order valence-corrected chi connectivity index (χ4v) is 2.84. The monoisotopic (exact) mass is 333 g/mol.